The molecule has 0 aromatic carbocycles. The summed E-state index contributed by atoms with van der Waals surface area (Å²) in [5, 5.41) is 0.722. The minimum Gasteiger partial charge on any atom is -0.325 e. The predicted octanol–water partition coefficient (Wildman–Crippen LogP) is 1.87. The van der Waals surface area contributed by atoms with Crippen molar-refractivity contribution >= 4 is 11.8 Å². The van der Waals surface area contributed by atoms with E-state index >= 15 is 0 Å². The molecule has 2 atom stereocenters. The summed E-state index contributed by atoms with van der Waals surface area (Å²) in [6.07, 6.45) is 1.87. The van der Waals surface area contributed by atoms with Crippen LogP contribution >= 0.6 is 11.8 Å². The lowest BCUT2D eigenvalue weighted by Gasteiger charge is -2.37. The standard InChI is InChI=1S/C13H21N3S/c1-10-11(2)17-6-5-16(10)9-12-3-4-15-13(7-12)8-14/h3-4,7,10-11H,5-6,8-9,14H2,1-2H3. The monoisotopic (exact) mass is 251 g/mol. The number of hydrogen-bond acceptors (Lipinski definition) is 4. The number of rotatable bonds is 3. The van der Waals surface area contributed by atoms with Crippen molar-refractivity contribution in [2.24, 2.45) is 5.73 Å². The lowest BCUT2D eigenvalue weighted by Crippen LogP contribution is -2.43. The van der Waals surface area contributed by atoms with Crippen LogP contribution in [-0.2, 0) is 13.1 Å². The smallest absolute Gasteiger partial charge is 0.0542 e. The van der Waals surface area contributed by atoms with E-state index in [1.807, 2.05) is 6.20 Å². The van der Waals surface area contributed by atoms with Crippen molar-refractivity contribution in [1.29, 1.82) is 0 Å². The van der Waals surface area contributed by atoms with E-state index in [1.165, 1.54) is 17.9 Å². The fraction of sp³-hybridized carbons (Fsp3) is 0.615. The Bertz CT molecular complexity index is 369. The Morgan fingerprint density at radius 3 is 3.12 bits per heavy atom. The molecule has 0 radical (unpaired) electrons. The molecule has 1 aliphatic rings. The van der Waals surface area contributed by atoms with E-state index < -0.39 is 0 Å². The lowest BCUT2D eigenvalue weighted by molar-refractivity contribution is 0.204. The molecule has 1 aromatic heterocycles. The van der Waals surface area contributed by atoms with Crippen LogP contribution in [0.4, 0.5) is 0 Å². The molecule has 2 rings (SSSR count). The molecule has 2 N–H and O–H groups in total. The molecular weight excluding hydrogens is 230 g/mol. The van der Waals surface area contributed by atoms with Crippen LogP contribution in [0.25, 0.3) is 0 Å². The van der Waals surface area contributed by atoms with E-state index in [9.17, 15) is 0 Å². The Hall–Kier alpha value is -0.580. The van der Waals surface area contributed by atoms with Gasteiger partial charge in [0.15, 0.2) is 0 Å². The summed E-state index contributed by atoms with van der Waals surface area (Å²) in [7, 11) is 0. The summed E-state index contributed by atoms with van der Waals surface area (Å²) in [5.41, 5.74) is 7.93. The Kier molecular flexibility index (Phi) is 4.42. The number of pyridine rings is 1. The molecular formula is C13H21N3S. The van der Waals surface area contributed by atoms with E-state index in [0.717, 1.165) is 17.5 Å². The largest absolute Gasteiger partial charge is 0.325 e. The zero-order valence-electron chi connectivity index (χ0n) is 10.6. The van der Waals surface area contributed by atoms with Crippen LogP contribution in [0.15, 0.2) is 18.3 Å². The van der Waals surface area contributed by atoms with Crippen LogP contribution in [0.1, 0.15) is 25.1 Å². The van der Waals surface area contributed by atoms with Gasteiger partial charge in [0.25, 0.3) is 0 Å². The Morgan fingerprint density at radius 1 is 1.53 bits per heavy atom. The lowest BCUT2D eigenvalue weighted by atomic mass is 10.1. The molecule has 1 aliphatic heterocycles. The summed E-state index contributed by atoms with van der Waals surface area (Å²) in [5.74, 6) is 1.24. The molecule has 17 heavy (non-hydrogen) atoms. The molecule has 1 saturated heterocycles. The van der Waals surface area contributed by atoms with Gasteiger partial charge < -0.3 is 5.73 Å². The SMILES string of the molecule is CC1SCCN(Cc2ccnc(CN)c2)C1C. The zero-order chi connectivity index (χ0) is 12.3. The summed E-state index contributed by atoms with van der Waals surface area (Å²) < 4.78 is 0. The van der Waals surface area contributed by atoms with Crippen molar-refractivity contribution in [3.05, 3.63) is 29.6 Å². The van der Waals surface area contributed by atoms with Crippen LogP contribution in [0, 0.1) is 0 Å². The van der Waals surface area contributed by atoms with Gasteiger partial charge in [-0.05, 0) is 24.6 Å². The molecule has 0 bridgehead atoms. The summed E-state index contributed by atoms with van der Waals surface area (Å²) in [4.78, 5) is 6.79. The molecule has 4 heteroatoms. The molecule has 2 unspecified atom stereocenters. The number of hydrogen-bond donors (Lipinski definition) is 1. The van der Waals surface area contributed by atoms with Gasteiger partial charge in [0.1, 0.15) is 0 Å². The van der Waals surface area contributed by atoms with Gasteiger partial charge in [0.05, 0.1) is 5.69 Å². The first-order chi connectivity index (χ1) is 8.20. The maximum atomic E-state index is 5.62. The predicted molar refractivity (Wildman–Crippen MR) is 73.9 cm³/mol. The number of aromatic nitrogens is 1. The van der Waals surface area contributed by atoms with Gasteiger partial charge in [0.2, 0.25) is 0 Å². The number of nitrogens with zero attached hydrogens (tertiary/aromatic N) is 2. The average Bonchev–Trinajstić information content (AvgIpc) is 2.35. The second-order valence-electron chi connectivity index (χ2n) is 4.65. The van der Waals surface area contributed by atoms with Crippen molar-refractivity contribution in [2.75, 3.05) is 12.3 Å². The summed E-state index contributed by atoms with van der Waals surface area (Å²) >= 11 is 2.07. The van der Waals surface area contributed by atoms with Gasteiger partial charge in [0, 0.05) is 42.9 Å². The first-order valence-corrected chi connectivity index (χ1v) is 7.25. The number of nitrogens with two attached hydrogens (primary N) is 1. The maximum absolute atomic E-state index is 5.62. The third-order valence-corrected chi connectivity index (χ3v) is 4.83. The van der Waals surface area contributed by atoms with Crippen LogP contribution < -0.4 is 5.73 Å². The van der Waals surface area contributed by atoms with Gasteiger partial charge in [-0.15, -0.1) is 0 Å². The fourth-order valence-corrected chi connectivity index (χ4v) is 3.35. The second-order valence-corrected chi connectivity index (χ2v) is 6.13. The van der Waals surface area contributed by atoms with Gasteiger partial charge in [-0.1, -0.05) is 6.92 Å². The second kappa shape index (κ2) is 5.85. The van der Waals surface area contributed by atoms with Crippen LogP contribution in [-0.4, -0.2) is 33.5 Å². The summed E-state index contributed by atoms with van der Waals surface area (Å²) in [6, 6.07) is 4.86. The Labute approximate surface area is 108 Å². The zero-order valence-corrected chi connectivity index (χ0v) is 11.4. The van der Waals surface area contributed by atoms with Gasteiger partial charge in [-0.2, -0.15) is 11.8 Å². The third-order valence-electron chi connectivity index (χ3n) is 3.49. The van der Waals surface area contributed by atoms with Gasteiger partial charge in [-0.3, -0.25) is 9.88 Å². The van der Waals surface area contributed by atoms with Gasteiger partial charge in [-0.25, -0.2) is 0 Å². The van der Waals surface area contributed by atoms with Crippen molar-refractivity contribution in [2.45, 2.75) is 38.2 Å². The van der Waals surface area contributed by atoms with Crippen molar-refractivity contribution in [3.63, 3.8) is 0 Å². The van der Waals surface area contributed by atoms with Crippen LogP contribution in [0.5, 0.6) is 0 Å². The van der Waals surface area contributed by atoms with E-state index in [4.69, 9.17) is 5.73 Å². The van der Waals surface area contributed by atoms with Gasteiger partial charge >= 0.3 is 0 Å². The molecule has 0 aliphatic carbocycles. The highest BCUT2D eigenvalue weighted by Crippen LogP contribution is 2.25. The molecule has 0 amide bonds. The highest BCUT2D eigenvalue weighted by Gasteiger charge is 2.24. The first-order valence-electron chi connectivity index (χ1n) is 6.20. The first kappa shape index (κ1) is 12.9. The normalized spacial score (nSPS) is 26.1. The highest BCUT2D eigenvalue weighted by atomic mass is 32.2. The fourth-order valence-electron chi connectivity index (χ4n) is 2.19. The molecule has 0 spiro atoms. The Morgan fingerprint density at radius 2 is 2.35 bits per heavy atom. The third kappa shape index (κ3) is 3.21. The topological polar surface area (TPSA) is 42.2 Å². The molecule has 0 saturated carbocycles. The van der Waals surface area contributed by atoms with E-state index in [0.29, 0.717) is 12.6 Å². The average molecular weight is 251 g/mol. The Balaban J connectivity index is 2.04. The van der Waals surface area contributed by atoms with E-state index in [-0.39, 0.29) is 0 Å². The minimum absolute atomic E-state index is 0.523. The molecule has 94 valence electrons. The van der Waals surface area contributed by atoms with E-state index in [2.05, 4.69) is 47.6 Å². The number of thioether (sulfide) groups is 1. The minimum atomic E-state index is 0.523. The van der Waals surface area contributed by atoms with Crippen molar-refractivity contribution in [3.8, 4) is 0 Å². The van der Waals surface area contributed by atoms with Crippen LogP contribution in [0.3, 0.4) is 0 Å². The quantitative estimate of drug-likeness (QED) is 0.890. The molecule has 3 nitrogen and oxygen atoms in total. The van der Waals surface area contributed by atoms with Crippen LogP contribution in [0.2, 0.25) is 0 Å². The van der Waals surface area contributed by atoms with Crippen molar-refractivity contribution < 1.29 is 0 Å². The molecule has 2 heterocycles. The molecule has 1 fully saturated rings. The maximum Gasteiger partial charge on any atom is 0.0542 e. The van der Waals surface area contributed by atoms with Crippen molar-refractivity contribution in [1.82, 2.24) is 9.88 Å². The summed E-state index contributed by atoms with van der Waals surface area (Å²) in [6.45, 7) is 7.36. The molecule has 1 aromatic rings. The van der Waals surface area contributed by atoms with E-state index in [1.54, 1.807) is 0 Å². The highest BCUT2D eigenvalue weighted by molar-refractivity contribution is 8.00.